The molecule has 0 aromatic carbocycles. The van der Waals surface area contributed by atoms with Gasteiger partial charge in [-0.15, -0.1) is 9.42 Å². The second-order valence-corrected chi connectivity index (χ2v) is 9.27. The van der Waals surface area contributed by atoms with Gasteiger partial charge >= 0.3 is 8.25 Å². The van der Waals surface area contributed by atoms with Crippen LogP contribution in [0.3, 0.4) is 0 Å². The average Bonchev–Trinajstić information content (AvgIpc) is 2.99. The topological polar surface area (TPSA) is 76.0 Å². The Kier molecular flexibility index (Phi) is 16.5. The van der Waals surface area contributed by atoms with Crippen molar-refractivity contribution in [3.63, 3.8) is 0 Å². The number of ether oxygens (including phenoxy) is 1. The van der Waals surface area contributed by atoms with Gasteiger partial charge in [0.1, 0.15) is 6.10 Å². The van der Waals surface area contributed by atoms with Crippen molar-refractivity contribution in [3.05, 3.63) is 0 Å². The SMILES string of the molecule is [B]C1CC(CO)C(O[P+](=O)O)C1OCCCCCCCCCCCCCCCC. The highest BCUT2D eigenvalue weighted by atomic mass is 31.1. The van der Waals surface area contributed by atoms with Crippen molar-refractivity contribution < 1.29 is 23.8 Å². The number of aliphatic hydroxyl groups is 1. The zero-order chi connectivity index (χ0) is 21.3. The molecule has 1 saturated carbocycles. The molecule has 5 atom stereocenters. The van der Waals surface area contributed by atoms with Gasteiger partial charge in [-0.1, -0.05) is 90.4 Å². The first-order valence-electron chi connectivity index (χ1n) is 11.9. The lowest BCUT2D eigenvalue weighted by Gasteiger charge is -2.21. The number of unbranched alkanes of at least 4 members (excludes halogenated alkanes) is 13. The van der Waals surface area contributed by atoms with Crippen molar-refractivity contribution >= 4 is 16.1 Å². The van der Waals surface area contributed by atoms with Crippen LogP contribution in [0, 0.1) is 5.92 Å². The lowest BCUT2D eigenvalue weighted by atomic mass is 9.83. The van der Waals surface area contributed by atoms with Crippen LogP contribution in [0.5, 0.6) is 0 Å². The highest BCUT2D eigenvalue weighted by Crippen LogP contribution is 2.41. The van der Waals surface area contributed by atoms with E-state index in [1.807, 2.05) is 0 Å². The largest absolute Gasteiger partial charge is 0.695 e. The normalized spacial score (nSPS) is 24.9. The van der Waals surface area contributed by atoms with Crippen LogP contribution < -0.4 is 0 Å². The number of aliphatic hydroxyl groups excluding tert-OH is 1. The average molecular weight is 429 g/mol. The minimum Gasteiger partial charge on any atom is -0.396 e. The van der Waals surface area contributed by atoms with Gasteiger partial charge in [-0.3, -0.25) is 0 Å². The van der Waals surface area contributed by atoms with Crippen molar-refractivity contribution in [2.45, 2.75) is 121 Å². The molecule has 0 aromatic rings. The Labute approximate surface area is 180 Å². The van der Waals surface area contributed by atoms with Crippen molar-refractivity contribution in [2.24, 2.45) is 5.92 Å². The quantitative estimate of drug-likeness (QED) is 0.153. The predicted molar refractivity (Wildman–Crippen MR) is 119 cm³/mol. The fraction of sp³-hybridized carbons (Fsp3) is 1.00. The lowest BCUT2D eigenvalue weighted by Crippen LogP contribution is -2.32. The van der Waals surface area contributed by atoms with Crippen LogP contribution in [-0.4, -0.2) is 43.3 Å². The zero-order valence-corrected chi connectivity index (χ0v) is 19.4. The molecule has 1 aliphatic rings. The van der Waals surface area contributed by atoms with Crippen LogP contribution in [0.25, 0.3) is 0 Å². The molecule has 1 fully saturated rings. The van der Waals surface area contributed by atoms with E-state index in [1.54, 1.807) is 0 Å². The van der Waals surface area contributed by atoms with E-state index in [4.69, 9.17) is 22.0 Å². The van der Waals surface area contributed by atoms with E-state index in [-0.39, 0.29) is 18.3 Å². The first kappa shape index (κ1) is 27.0. The summed E-state index contributed by atoms with van der Waals surface area (Å²) in [5.41, 5.74) is 0. The van der Waals surface area contributed by atoms with Crippen LogP contribution >= 0.6 is 8.25 Å². The van der Waals surface area contributed by atoms with Crippen molar-refractivity contribution in [1.82, 2.24) is 0 Å². The summed E-state index contributed by atoms with van der Waals surface area (Å²) in [6, 6.07) is 0. The summed E-state index contributed by atoms with van der Waals surface area (Å²) in [5, 5.41) is 9.42. The Morgan fingerprint density at radius 3 is 1.79 bits per heavy atom. The second kappa shape index (κ2) is 17.7. The molecule has 1 aliphatic carbocycles. The van der Waals surface area contributed by atoms with Crippen molar-refractivity contribution in [1.29, 1.82) is 0 Å². The standard InChI is InChI=1S/C22H42BO5P/c1-2-3-4-5-6-7-8-9-10-11-12-13-14-15-16-27-22-20(23)17-19(18-24)21(22)28-29(25)26/h19-22,24H,2-18H2,1H3/p+1. The van der Waals surface area contributed by atoms with E-state index in [2.05, 4.69) is 6.92 Å². The van der Waals surface area contributed by atoms with Crippen LogP contribution in [0.1, 0.15) is 103 Å². The smallest absolute Gasteiger partial charge is 0.396 e. The first-order chi connectivity index (χ1) is 14.1. The van der Waals surface area contributed by atoms with Gasteiger partial charge in [-0.05, 0) is 18.7 Å². The molecule has 0 amide bonds. The molecule has 7 heteroatoms. The first-order valence-corrected chi connectivity index (χ1v) is 13.0. The summed E-state index contributed by atoms with van der Waals surface area (Å²) >= 11 is 0. The van der Waals surface area contributed by atoms with E-state index < -0.39 is 20.5 Å². The summed E-state index contributed by atoms with van der Waals surface area (Å²) < 4.78 is 22.0. The third-order valence-electron chi connectivity index (χ3n) is 6.04. The fourth-order valence-corrected chi connectivity index (χ4v) is 4.79. The van der Waals surface area contributed by atoms with Gasteiger partial charge in [0.25, 0.3) is 0 Å². The van der Waals surface area contributed by atoms with Crippen molar-refractivity contribution in [2.75, 3.05) is 13.2 Å². The molecule has 0 heterocycles. The molecule has 1 rings (SSSR count). The molecular weight excluding hydrogens is 386 g/mol. The highest BCUT2D eigenvalue weighted by molar-refractivity contribution is 7.32. The minimum absolute atomic E-state index is 0.111. The zero-order valence-electron chi connectivity index (χ0n) is 18.5. The summed E-state index contributed by atoms with van der Waals surface area (Å²) in [4.78, 5) is 9.04. The minimum atomic E-state index is -2.72. The van der Waals surface area contributed by atoms with Gasteiger partial charge in [0.2, 0.25) is 0 Å². The van der Waals surface area contributed by atoms with Gasteiger partial charge in [0, 0.05) is 23.7 Å². The van der Waals surface area contributed by atoms with Gasteiger partial charge in [0.05, 0.1) is 14.0 Å². The van der Waals surface area contributed by atoms with Gasteiger partial charge in [-0.25, -0.2) is 0 Å². The van der Waals surface area contributed by atoms with Gasteiger partial charge < -0.3 is 9.84 Å². The molecule has 2 N–H and O–H groups in total. The Balaban J connectivity index is 1.96. The Bertz CT molecular complexity index is 413. The van der Waals surface area contributed by atoms with E-state index in [9.17, 15) is 9.67 Å². The number of rotatable bonds is 19. The summed E-state index contributed by atoms with van der Waals surface area (Å²) in [6.45, 7) is 2.73. The molecule has 0 spiro atoms. The van der Waals surface area contributed by atoms with E-state index in [0.717, 1.165) is 12.8 Å². The second-order valence-electron chi connectivity index (χ2n) is 8.58. The molecule has 5 unspecified atom stereocenters. The van der Waals surface area contributed by atoms with E-state index in [0.29, 0.717) is 13.0 Å². The Morgan fingerprint density at radius 1 is 0.862 bits per heavy atom. The predicted octanol–water partition coefficient (Wildman–Crippen LogP) is 5.86. The third kappa shape index (κ3) is 12.4. The van der Waals surface area contributed by atoms with Crippen LogP contribution in [-0.2, 0) is 13.8 Å². The molecule has 2 radical (unpaired) electrons. The lowest BCUT2D eigenvalue weighted by molar-refractivity contribution is -0.0283. The maximum absolute atomic E-state index is 11.0. The monoisotopic (exact) mass is 429 g/mol. The fourth-order valence-electron chi connectivity index (χ4n) is 4.29. The van der Waals surface area contributed by atoms with E-state index in [1.165, 1.54) is 77.0 Å². The number of hydrogen-bond donors (Lipinski definition) is 2. The summed E-state index contributed by atoms with van der Waals surface area (Å²) in [6.07, 6.45) is 17.9. The maximum atomic E-state index is 11.0. The molecule has 168 valence electrons. The Morgan fingerprint density at radius 2 is 1.34 bits per heavy atom. The Hall–Kier alpha value is 0.00494. The van der Waals surface area contributed by atoms with Crippen LogP contribution in [0.4, 0.5) is 0 Å². The molecule has 0 bridgehead atoms. The summed E-state index contributed by atoms with van der Waals surface area (Å²) in [7, 11) is 3.35. The number of hydrogen-bond acceptors (Lipinski definition) is 4. The molecular formula is C22H43BO5P+. The molecule has 5 nitrogen and oxygen atoms in total. The van der Waals surface area contributed by atoms with Crippen molar-refractivity contribution in [3.8, 4) is 0 Å². The summed E-state index contributed by atoms with van der Waals surface area (Å²) in [5.74, 6) is -0.504. The van der Waals surface area contributed by atoms with E-state index >= 15 is 0 Å². The molecule has 0 saturated heterocycles. The molecule has 29 heavy (non-hydrogen) atoms. The molecule has 0 aromatic heterocycles. The van der Waals surface area contributed by atoms with Gasteiger partial charge in [-0.2, -0.15) is 0 Å². The highest BCUT2D eigenvalue weighted by Gasteiger charge is 2.46. The maximum Gasteiger partial charge on any atom is 0.695 e. The van der Waals surface area contributed by atoms with Crippen LogP contribution in [0.2, 0.25) is 5.82 Å². The third-order valence-corrected chi connectivity index (χ3v) is 6.46. The molecule has 0 aliphatic heterocycles. The van der Waals surface area contributed by atoms with Crippen LogP contribution in [0.15, 0.2) is 0 Å². The van der Waals surface area contributed by atoms with Gasteiger partial charge in [0.15, 0.2) is 0 Å².